The third-order valence-corrected chi connectivity index (χ3v) is 4.79. The van der Waals surface area contributed by atoms with Gasteiger partial charge in [-0.3, -0.25) is 0 Å². The molecule has 0 aromatic carbocycles. The van der Waals surface area contributed by atoms with Crippen LogP contribution in [0.25, 0.3) is 0 Å². The van der Waals surface area contributed by atoms with Gasteiger partial charge >= 0.3 is 0 Å². The van der Waals surface area contributed by atoms with Crippen LogP contribution in [0.5, 0.6) is 0 Å². The first kappa shape index (κ1) is 13.2. The minimum Gasteiger partial charge on any atom is -0.337 e. The Morgan fingerprint density at radius 3 is 2.95 bits per heavy atom. The highest BCUT2D eigenvalue weighted by Gasteiger charge is 2.21. The molecule has 2 saturated heterocycles. The van der Waals surface area contributed by atoms with Gasteiger partial charge in [-0.25, -0.2) is 0 Å². The Labute approximate surface area is 117 Å². The molecule has 1 N–H and O–H groups in total. The zero-order valence-electron chi connectivity index (χ0n) is 11.3. The van der Waals surface area contributed by atoms with Gasteiger partial charge in [0.25, 0.3) is 5.95 Å². The summed E-state index contributed by atoms with van der Waals surface area (Å²) in [5.41, 5.74) is 0. The fraction of sp³-hybridized carbons (Fsp3) is 0.833. The van der Waals surface area contributed by atoms with E-state index >= 15 is 0 Å². The molecule has 2 aliphatic rings. The fourth-order valence-corrected chi connectivity index (χ4v) is 3.37. The molecule has 0 saturated carbocycles. The van der Waals surface area contributed by atoms with Gasteiger partial charge in [0.2, 0.25) is 5.89 Å². The standard InChI is InChI=1S/C12H21N5OS/c1-16-3-5-17(6-4-16)12-14-11(18-15-12)8-10-9-19-7-2-13-10/h10,13H,2-9H2,1H3. The zero-order valence-corrected chi connectivity index (χ0v) is 12.2. The Bertz CT molecular complexity index is 399. The lowest BCUT2D eigenvalue weighted by Crippen LogP contribution is -2.45. The van der Waals surface area contributed by atoms with Crippen molar-refractivity contribution in [3.63, 3.8) is 0 Å². The predicted molar refractivity (Wildman–Crippen MR) is 76.8 cm³/mol. The van der Waals surface area contributed by atoms with Crippen molar-refractivity contribution in [2.75, 3.05) is 56.2 Å². The molecule has 6 nitrogen and oxygen atoms in total. The van der Waals surface area contributed by atoms with E-state index in [2.05, 4.69) is 32.3 Å². The van der Waals surface area contributed by atoms with Gasteiger partial charge in [0.15, 0.2) is 0 Å². The van der Waals surface area contributed by atoms with Crippen LogP contribution in [-0.4, -0.2) is 72.4 Å². The van der Waals surface area contributed by atoms with Crippen molar-refractivity contribution in [3.05, 3.63) is 5.89 Å². The van der Waals surface area contributed by atoms with E-state index in [0.717, 1.165) is 56.7 Å². The second-order valence-corrected chi connectivity index (χ2v) is 6.36. The molecule has 2 aliphatic heterocycles. The molecule has 19 heavy (non-hydrogen) atoms. The van der Waals surface area contributed by atoms with Crippen LogP contribution in [0.4, 0.5) is 5.95 Å². The molecule has 0 aliphatic carbocycles. The molecule has 7 heteroatoms. The third-order valence-electron chi connectivity index (χ3n) is 3.66. The van der Waals surface area contributed by atoms with Gasteiger partial charge < -0.3 is 19.6 Å². The summed E-state index contributed by atoms with van der Waals surface area (Å²) < 4.78 is 5.38. The number of nitrogens with one attached hydrogen (secondary N) is 1. The molecule has 1 aromatic heterocycles. The van der Waals surface area contributed by atoms with Crippen molar-refractivity contribution >= 4 is 17.7 Å². The zero-order chi connectivity index (χ0) is 13.1. The lowest BCUT2D eigenvalue weighted by Gasteiger charge is -2.31. The smallest absolute Gasteiger partial charge is 0.266 e. The van der Waals surface area contributed by atoms with E-state index in [1.54, 1.807) is 0 Å². The van der Waals surface area contributed by atoms with Crippen molar-refractivity contribution in [2.24, 2.45) is 0 Å². The summed E-state index contributed by atoms with van der Waals surface area (Å²) in [4.78, 5) is 9.06. The van der Waals surface area contributed by atoms with E-state index in [1.165, 1.54) is 5.75 Å². The van der Waals surface area contributed by atoms with Crippen LogP contribution < -0.4 is 10.2 Å². The molecule has 0 amide bonds. The second kappa shape index (κ2) is 6.11. The average Bonchev–Trinajstić information content (AvgIpc) is 2.89. The average molecular weight is 283 g/mol. The van der Waals surface area contributed by atoms with Gasteiger partial charge in [-0.05, 0) is 12.2 Å². The normalized spacial score (nSPS) is 25.7. The van der Waals surface area contributed by atoms with Crippen LogP contribution >= 0.6 is 11.8 Å². The molecular weight excluding hydrogens is 262 g/mol. The Balaban J connectivity index is 1.56. The lowest BCUT2D eigenvalue weighted by atomic mass is 10.2. The lowest BCUT2D eigenvalue weighted by molar-refractivity contribution is 0.308. The Morgan fingerprint density at radius 2 is 2.21 bits per heavy atom. The summed E-state index contributed by atoms with van der Waals surface area (Å²) in [6.45, 7) is 5.16. The maximum absolute atomic E-state index is 5.38. The molecule has 3 rings (SSSR count). The minimum absolute atomic E-state index is 0.472. The molecule has 2 fully saturated rings. The van der Waals surface area contributed by atoms with Crippen molar-refractivity contribution in [1.82, 2.24) is 20.4 Å². The molecule has 0 bridgehead atoms. The van der Waals surface area contributed by atoms with Gasteiger partial charge in [-0.1, -0.05) is 0 Å². The van der Waals surface area contributed by atoms with Crippen molar-refractivity contribution in [1.29, 1.82) is 0 Å². The minimum atomic E-state index is 0.472. The van der Waals surface area contributed by atoms with E-state index in [9.17, 15) is 0 Å². The largest absolute Gasteiger partial charge is 0.337 e. The van der Waals surface area contributed by atoms with E-state index in [4.69, 9.17) is 4.52 Å². The Kier molecular flexibility index (Phi) is 4.24. The van der Waals surface area contributed by atoms with E-state index in [0.29, 0.717) is 6.04 Å². The highest BCUT2D eigenvalue weighted by Crippen LogP contribution is 2.15. The quantitative estimate of drug-likeness (QED) is 0.842. The van der Waals surface area contributed by atoms with Crippen LogP contribution in [-0.2, 0) is 6.42 Å². The molecular formula is C12H21N5OS. The second-order valence-electron chi connectivity index (χ2n) is 5.21. The van der Waals surface area contributed by atoms with E-state index in [1.807, 2.05) is 11.8 Å². The SMILES string of the molecule is CN1CCN(c2noc(CC3CSCCN3)n2)CC1. The summed E-state index contributed by atoms with van der Waals surface area (Å²) in [6.07, 6.45) is 0.841. The number of anilines is 1. The summed E-state index contributed by atoms with van der Waals surface area (Å²) >= 11 is 1.99. The van der Waals surface area contributed by atoms with Gasteiger partial charge in [0.1, 0.15) is 0 Å². The maximum atomic E-state index is 5.38. The van der Waals surface area contributed by atoms with E-state index in [-0.39, 0.29) is 0 Å². The summed E-state index contributed by atoms with van der Waals surface area (Å²) in [6, 6.07) is 0.472. The van der Waals surface area contributed by atoms with Gasteiger partial charge in [0, 0.05) is 56.7 Å². The van der Waals surface area contributed by atoms with Crippen LogP contribution in [0.2, 0.25) is 0 Å². The van der Waals surface area contributed by atoms with Crippen molar-refractivity contribution in [3.8, 4) is 0 Å². The van der Waals surface area contributed by atoms with Gasteiger partial charge in [-0.2, -0.15) is 16.7 Å². The summed E-state index contributed by atoms with van der Waals surface area (Å²) in [7, 11) is 2.14. The van der Waals surface area contributed by atoms with Gasteiger partial charge in [-0.15, -0.1) is 0 Å². The highest BCUT2D eigenvalue weighted by molar-refractivity contribution is 7.99. The number of thioether (sulfide) groups is 1. The first-order chi connectivity index (χ1) is 9.31. The summed E-state index contributed by atoms with van der Waals surface area (Å²) in [5.74, 6) is 3.85. The molecule has 1 atom stereocenters. The number of nitrogens with zero attached hydrogens (tertiary/aromatic N) is 4. The number of hydrogen-bond donors (Lipinski definition) is 1. The number of hydrogen-bond acceptors (Lipinski definition) is 7. The van der Waals surface area contributed by atoms with Crippen molar-refractivity contribution in [2.45, 2.75) is 12.5 Å². The highest BCUT2D eigenvalue weighted by atomic mass is 32.2. The van der Waals surface area contributed by atoms with Crippen LogP contribution in [0.15, 0.2) is 4.52 Å². The first-order valence-electron chi connectivity index (χ1n) is 6.88. The predicted octanol–water partition coefficient (Wildman–Crippen LogP) is 0.0689. The number of rotatable bonds is 3. The number of likely N-dealkylation sites (N-methyl/N-ethyl adjacent to an activating group) is 1. The third kappa shape index (κ3) is 3.40. The number of aromatic nitrogens is 2. The molecule has 1 unspecified atom stereocenters. The molecule has 0 spiro atoms. The molecule has 0 radical (unpaired) electrons. The number of piperazine rings is 1. The van der Waals surface area contributed by atoms with Crippen LogP contribution in [0, 0.1) is 0 Å². The van der Waals surface area contributed by atoms with Crippen LogP contribution in [0.1, 0.15) is 5.89 Å². The first-order valence-corrected chi connectivity index (χ1v) is 8.04. The maximum Gasteiger partial charge on any atom is 0.266 e. The molecule has 3 heterocycles. The summed E-state index contributed by atoms with van der Waals surface area (Å²) in [5, 5.41) is 7.61. The molecule has 106 valence electrons. The van der Waals surface area contributed by atoms with Crippen LogP contribution in [0.3, 0.4) is 0 Å². The fourth-order valence-electron chi connectivity index (χ4n) is 2.43. The topological polar surface area (TPSA) is 57.4 Å². The van der Waals surface area contributed by atoms with E-state index < -0.39 is 0 Å². The Hall–Kier alpha value is -0.790. The Morgan fingerprint density at radius 1 is 1.37 bits per heavy atom. The van der Waals surface area contributed by atoms with Crippen molar-refractivity contribution < 1.29 is 4.52 Å². The molecule has 1 aromatic rings. The monoisotopic (exact) mass is 283 g/mol. The van der Waals surface area contributed by atoms with Gasteiger partial charge in [0.05, 0.1) is 0 Å².